The number of hydrogen-bond acceptors (Lipinski definition) is 2. The number of aryl methyl sites for hydroxylation is 2. The topological polar surface area (TPSA) is 12.9 Å². The van der Waals surface area contributed by atoms with Gasteiger partial charge in [0.25, 0.3) is 0 Å². The van der Waals surface area contributed by atoms with Gasteiger partial charge in [0, 0.05) is 6.20 Å². The van der Waals surface area contributed by atoms with Crippen molar-refractivity contribution in [2.24, 2.45) is 0 Å². The lowest BCUT2D eigenvalue weighted by Gasteiger charge is -1.96. The van der Waals surface area contributed by atoms with Gasteiger partial charge in [0.15, 0.2) is 0 Å². The van der Waals surface area contributed by atoms with Crippen LogP contribution in [0.3, 0.4) is 0 Å². The fraction of sp³-hybridized carbons (Fsp3) is 0.300. The molecule has 0 fully saturated rings. The third-order valence-electron chi connectivity index (χ3n) is 2.09. The second-order valence-electron chi connectivity index (χ2n) is 2.92. The average Bonchev–Trinajstić information content (AvgIpc) is 2.48. The molecule has 0 saturated carbocycles. The quantitative estimate of drug-likeness (QED) is 0.652. The van der Waals surface area contributed by atoms with Gasteiger partial charge in [0.1, 0.15) is 0 Å². The van der Waals surface area contributed by atoms with Gasteiger partial charge in [-0.2, -0.15) is 0 Å². The van der Waals surface area contributed by atoms with E-state index in [-0.39, 0.29) is 0 Å². The van der Waals surface area contributed by atoms with Crippen molar-refractivity contribution in [3.8, 4) is 0 Å². The summed E-state index contributed by atoms with van der Waals surface area (Å²) < 4.78 is 1.36. The monoisotopic (exact) mass is 177 g/mol. The van der Waals surface area contributed by atoms with Gasteiger partial charge in [-0.05, 0) is 35.9 Å². The van der Waals surface area contributed by atoms with Crippen LogP contribution in [-0.4, -0.2) is 4.98 Å². The van der Waals surface area contributed by atoms with E-state index >= 15 is 0 Å². The minimum absolute atomic E-state index is 1.10. The Morgan fingerprint density at radius 1 is 1.50 bits per heavy atom. The van der Waals surface area contributed by atoms with Crippen molar-refractivity contribution in [1.82, 2.24) is 4.98 Å². The summed E-state index contributed by atoms with van der Waals surface area (Å²) in [7, 11) is 0. The lowest BCUT2D eigenvalue weighted by atomic mass is 10.2. The highest BCUT2D eigenvalue weighted by atomic mass is 32.1. The SMILES string of the molecule is CCc1ccnc2c(C)csc12. The predicted octanol–water partition coefficient (Wildman–Crippen LogP) is 3.17. The van der Waals surface area contributed by atoms with Crippen molar-refractivity contribution >= 4 is 21.6 Å². The Bertz CT molecular complexity index is 403. The van der Waals surface area contributed by atoms with Gasteiger partial charge in [-0.25, -0.2) is 0 Å². The molecule has 0 aromatic carbocycles. The highest BCUT2D eigenvalue weighted by Crippen LogP contribution is 2.26. The Balaban J connectivity index is 2.81. The highest BCUT2D eigenvalue weighted by molar-refractivity contribution is 7.17. The molecule has 2 aromatic rings. The third kappa shape index (κ3) is 1.03. The Kier molecular flexibility index (Phi) is 1.85. The molecule has 0 bridgehead atoms. The van der Waals surface area contributed by atoms with E-state index in [4.69, 9.17) is 0 Å². The first-order valence-corrected chi connectivity index (χ1v) is 5.02. The van der Waals surface area contributed by atoms with Crippen molar-refractivity contribution in [3.05, 3.63) is 28.8 Å². The Hall–Kier alpha value is -0.890. The zero-order chi connectivity index (χ0) is 8.55. The first-order chi connectivity index (χ1) is 5.83. The van der Waals surface area contributed by atoms with Crippen molar-refractivity contribution in [2.45, 2.75) is 20.3 Å². The summed E-state index contributed by atoms with van der Waals surface area (Å²) >= 11 is 1.80. The minimum Gasteiger partial charge on any atom is -0.255 e. The lowest BCUT2D eigenvalue weighted by molar-refractivity contribution is 1.15. The van der Waals surface area contributed by atoms with Crippen LogP contribution in [0, 0.1) is 6.92 Å². The van der Waals surface area contributed by atoms with E-state index in [1.165, 1.54) is 21.3 Å². The van der Waals surface area contributed by atoms with Crippen molar-refractivity contribution < 1.29 is 0 Å². The van der Waals surface area contributed by atoms with Gasteiger partial charge < -0.3 is 0 Å². The molecule has 2 heterocycles. The van der Waals surface area contributed by atoms with Crippen LogP contribution in [0.25, 0.3) is 10.2 Å². The molecular formula is C10H11NS. The van der Waals surface area contributed by atoms with E-state index in [9.17, 15) is 0 Å². The highest BCUT2D eigenvalue weighted by Gasteiger charge is 2.03. The van der Waals surface area contributed by atoms with E-state index in [0.717, 1.165) is 6.42 Å². The molecule has 12 heavy (non-hydrogen) atoms. The summed E-state index contributed by atoms with van der Waals surface area (Å²) in [4.78, 5) is 4.36. The molecule has 0 saturated heterocycles. The fourth-order valence-corrected chi connectivity index (χ4v) is 2.48. The molecule has 2 aromatic heterocycles. The smallest absolute Gasteiger partial charge is 0.0841 e. The number of fused-ring (bicyclic) bond motifs is 1. The van der Waals surface area contributed by atoms with Gasteiger partial charge in [0.05, 0.1) is 10.2 Å². The fourth-order valence-electron chi connectivity index (χ4n) is 1.38. The van der Waals surface area contributed by atoms with Crippen molar-refractivity contribution in [3.63, 3.8) is 0 Å². The summed E-state index contributed by atoms with van der Waals surface area (Å²) in [6.07, 6.45) is 3.00. The van der Waals surface area contributed by atoms with Crippen LogP contribution in [0.4, 0.5) is 0 Å². The molecule has 0 atom stereocenters. The second-order valence-corrected chi connectivity index (χ2v) is 3.80. The van der Waals surface area contributed by atoms with Crippen molar-refractivity contribution in [2.75, 3.05) is 0 Å². The maximum absolute atomic E-state index is 4.36. The van der Waals surface area contributed by atoms with Gasteiger partial charge in [-0.3, -0.25) is 4.98 Å². The van der Waals surface area contributed by atoms with Crippen LogP contribution < -0.4 is 0 Å². The Morgan fingerprint density at radius 3 is 3.08 bits per heavy atom. The molecule has 2 heteroatoms. The summed E-state index contributed by atoms with van der Waals surface area (Å²) in [6, 6.07) is 2.11. The molecule has 0 radical (unpaired) electrons. The summed E-state index contributed by atoms with van der Waals surface area (Å²) in [5.41, 5.74) is 3.89. The van der Waals surface area contributed by atoms with Gasteiger partial charge >= 0.3 is 0 Å². The molecule has 1 nitrogen and oxygen atoms in total. The first-order valence-electron chi connectivity index (χ1n) is 4.14. The lowest BCUT2D eigenvalue weighted by Crippen LogP contribution is -1.82. The standard InChI is InChI=1S/C10H11NS/c1-3-8-4-5-11-9-7(2)6-12-10(8)9/h4-6H,3H2,1-2H3. The number of nitrogens with zero attached hydrogens (tertiary/aromatic N) is 1. The molecule has 0 N–H and O–H groups in total. The van der Waals surface area contributed by atoms with E-state index in [0.29, 0.717) is 0 Å². The molecule has 62 valence electrons. The summed E-state index contributed by atoms with van der Waals surface area (Å²) in [5.74, 6) is 0. The number of thiophene rings is 1. The largest absolute Gasteiger partial charge is 0.255 e. The van der Waals surface area contributed by atoms with Crippen molar-refractivity contribution in [1.29, 1.82) is 0 Å². The van der Waals surface area contributed by atoms with E-state index < -0.39 is 0 Å². The van der Waals surface area contributed by atoms with E-state index in [1.807, 2.05) is 6.20 Å². The van der Waals surface area contributed by atoms with E-state index in [2.05, 4.69) is 30.3 Å². The average molecular weight is 177 g/mol. The molecular weight excluding hydrogens is 166 g/mol. The molecule has 0 aliphatic heterocycles. The van der Waals surface area contributed by atoms with Crippen LogP contribution in [0.2, 0.25) is 0 Å². The predicted molar refractivity (Wildman–Crippen MR) is 53.7 cm³/mol. The Labute approximate surface area is 76.1 Å². The number of pyridine rings is 1. The van der Waals surface area contributed by atoms with Gasteiger partial charge in [-0.1, -0.05) is 6.92 Å². The number of hydrogen-bond donors (Lipinski definition) is 0. The third-order valence-corrected chi connectivity index (χ3v) is 3.26. The maximum atomic E-state index is 4.36. The van der Waals surface area contributed by atoms with Gasteiger partial charge in [-0.15, -0.1) is 11.3 Å². The Morgan fingerprint density at radius 2 is 2.33 bits per heavy atom. The zero-order valence-electron chi connectivity index (χ0n) is 7.29. The molecule has 0 spiro atoms. The van der Waals surface area contributed by atoms with Gasteiger partial charge in [0.2, 0.25) is 0 Å². The van der Waals surface area contributed by atoms with Crippen LogP contribution in [0.1, 0.15) is 18.1 Å². The molecule has 0 amide bonds. The molecule has 2 rings (SSSR count). The second kappa shape index (κ2) is 2.87. The number of rotatable bonds is 1. The molecule has 0 unspecified atom stereocenters. The molecule has 0 aliphatic rings. The maximum Gasteiger partial charge on any atom is 0.0841 e. The van der Waals surface area contributed by atoms with Crippen LogP contribution in [0.5, 0.6) is 0 Å². The van der Waals surface area contributed by atoms with Crippen LogP contribution in [-0.2, 0) is 6.42 Å². The van der Waals surface area contributed by atoms with Crippen LogP contribution in [0.15, 0.2) is 17.6 Å². The summed E-state index contributed by atoms with van der Waals surface area (Å²) in [5, 5.41) is 2.18. The molecule has 0 aliphatic carbocycles. The van der Waals surface area contributed by atoms with Crippen LogP contribution >= 0.6 is 11.3 Å². The normalized spacial score (nSPS) is 10.8. The summed E-state index contributed by atoms with van der Waals surface area (Å²) in [6.45, 7) is 4.30. The van der Waals surface area contributed by atoms with E-state index in [1.54, 1.807) is 11.3 Å². The zero-order valence-corrected chi connectivity index (χ0v) is 8.11. The minimum atomic E-state index is 1.10. The first kappa shape index (κ1) is 7.74. The number of aromatic nitrogens is 1.